The predicted octanol–water partition coefficient (Wildman–Crippen LogP) is 1.36. The van der Waals surface area contributed by atoms with Crippen molar-refractivity contribution in [3.05, 3.63) is 33.7 Å². The Morgan fingerprint density at radius 3 is 2.75 bits per heavy atom. The molecule has 0 bridgehead atoms. The highest BCUT2D eigenvalue weighted by atomic mass is 16.2. The fourth-order valence-electron chi connectivity index (χ4n) is 2.19. The molecule has 16 heavy (non-hydrogen) atoms. The predicted molar refractivity (Wildman–Crippen MR) is 61.5 cm³/mol. The Bertz CT molecular complexity index is 445. The standard InChI is InChI=1S/C12H16N2O2/c1-8-6-7-13-11(15)10(8)12(16)14-9-4-2-3-5-9/h6-7,9H,2-5H2,1H3,(H,13,15)(H,14,16). The molecule has 0 saturated heterocycles. The molecule has 1 aromatic rings. The van der Waals surface area contributed by atoms with Gasteiger partial charge in [0.25, 0.3) is 11.5 Å². The number of H-pyrrole nitrogens is 1. The molecule has 4 heteroatoms. The van der Waals surface area contributed by atoms with Crippen LogP contribution in [0, 0.1) is 6.92 Å². The van der Waals surface area contributed by atoms with Gasteiger partial charge in [-0.15, -0.1) is 0 Å². The van der Waals surface area contributed by atoms with E-state index in [0.29, 0.717) is 0 Å². The summed E-state index contributed by atoms with van der Waals surface area (Å²) in [5.74, 6) is -0.244. The number of rotatable bonds is 2. The van der Waals surface area contributed by atoms with Crippen molar-refractivity contribution in [2.75, 3.05) is 0 Å². The van der Waals surface area contributed by atoms with Crippen LogP contribution in [0.1, 0.15) is 41.6 Å². The van der Waals surface area contributed by atoms with Gasteiger partial charge in [-0.3, -0.25) is 9.59 Å². The molecular formula is C12H16N2O2. The number of hydrogen-bond acceptors (Lipinski definition) is 2. The van der Waals surface area contributed by atoms with Crippen molar-refractivity contribution < 1.29 is 4.79 Å². The van der Waals surface area contributed by atoms with Gasteiger partial charge in [0.1, 0.15) is 5.56 Å². The van der Waals surface area contributed by atoms with Crippen LogP contribution in [0.25, 0.3) is 0 Å². The summed E-state index contributed by atoms with van der Waals surface area (Å²) in [5.41, 5.74) is 0.657. The van der Waals surface area contributed by atoms with Gasteiger partial charge >= 0.3 is 0 Å². The summed E-state index contributed by atoms with van der Waals surface area (Å²) in [6.45, 7) is 1.78. The largest absolute Gasteiger partial charge is 0.349 e. The number of carbonyl (C=O) groups is 1. The van der Waals surface area contributed by atoms with Gasteiger partial charge in [-0.2, -0.15) is 0 Å². The number of nitrogens with one attached hydrogen (secondary N) is 2. The lowest BCUT2D eigenvalue weighted by Crippen LogP contribution is -2.36. The van der Waals surface area contributed by atoms with Crippen LogP contribution in [-0.4, -0.2) is 16.9 Å². The molecule has 1 aromatic heterocycles. The smallest absolute Gasteiger partial charge is 0.261 e. The molecule has 1 aliphatic carbocycles. The second-order valence-electron chi connectivity index (χ2n) is 4.32. The zero-order valence-corrected chi connectivity index (χ0v) is 9.38. The van der Waals surface area contributed by atoms with E-state index in [1.165, 1.54) is 0 Å². The topological polar surface area (TPSA) is 62.0 Å². The normalized spacial score (nSPS) is 16.3. The summed E-state index contributed by atoms with van der Waals surface area (Å²) in [4.78, 5) is 26.0. The van der Waals surface area contributed by atoms with E-state index >= 15 is 0 Å². The maximum atomic E-state index is 11.9. The molecule has 1 saturated carbocycles. The van der Waals surface area contributed by atoms with Crippen molar-refractivity contribution in [3.63, 3.8) is 0 Å². The van der Waals surface area contributed by atoms with Gasteiger partial charge in [0.05, 0.1) is 0 Å². The van der Waals surface area contributed by atoms with Crippen molar-refractivity contribution >= 4 is 5.91 Å². The third-order valence-corrected chi connectivity index (χ3v) is 3.09. The fourth-order valence-corrected chi connectivity index (χ4v) is 2.19. The first-order chi connectivity index (χ1) is 7.68. The first kappa shape index (κ1) is 10.9. The number of aromatic nitrogens is 1. The molecular weight excluding hydrogens is 204 g/mol. The highest BCUT2D eigenvalue weighted by Crippen LogP contribution is 2.18. The Hall–Kier alpha value is -1.58. The molecule has 1 amide bonds. The minimum Gasteiger partial charge on any atom is -0.349 e. The van der Waals surface area contributed by atoms with Crippen molar-refractivity contribution in [2.45, 2.75) is 38.6 Å². The highest BCUT2D eigenvalue weighted by Gasteiger charge is 2.20. The van der Waals surface area contributed by atoms with E-state index in [1.807, 2.05) is 0 Å². The number of aromatic amines is 1. The second kappa shape index (κ2) is 4.51. The summed E-state index contributed by atoms with van der Waals surface area (Å²) in [6, 6.07) is 1.98. The van der Waals surface area contributed by atoms with Crippen LogP contribution in [0.2, 0.25) is 0 Å². The molecule has 2 rings (SSSR count). The van der Waals surface area contributed by atoms with Crippen LogP contribution in [0.5, 0.6) is 0 Å². The van der Waals surface area contributed by atoms with Crippen LogP contribution >= 0.6 is 0 Å². The van der Waals surface area contributed by atoms with E-state index in [2.05, 4.69) is 10.3 Å². The lowest BCUT2D eigenvalue weighted by molar-refractivity contribution is 0.0935. The third kappa shape index (κ3) is 2.15. The van der Waals surface area contributed by atoms with Crippen molar-refractivity contribution in [3.8, 4) is 0 Å². The minimum atomic E-state index is -0.310. The summed E-state index contributed by atoms with van der Waals surface area (Å²) in [5, 5.41) is 2.92. The maximum Gasteiger partial charge on any atom is 0.261 e. The quantitative estimate of drug-likeness (QED) is 0.790. The van der Waals surface area contributed by atoms with Gasteiger partial charge in [0.15, 0.2) is 0 Å². The molecule has 0 atom stereocenters. The van der Waals surface area contributed by atoms with Gasteiger partial charge in [0, 0.05) is 12.2 Å². The molecule has 0 spiro atoms. The zero-order chi connectivity index (χ0) is 11.5. The van der Waals surface area contributed by atoms with Crippen molar-refractivity contribution in [2.24, 2.45) is 0 Å². The van der Waals surface area contributed by atoms with Crippen LogP contribution in [0.15, 0.2) is 17.1 Å². The highest BCUT2D eigenvalue weighted by molar-refractivity contribution is 5.95. The van der Waals surface area contributed by atoms with Gasteiger partial charge < -0.3 is 10.3 Å². The number of hydrogen-bond donors (Lipinski definition) is 2. The van der Waals surface area contributed by atoms with Gasteiger partial charge in [0.2, 0.25) is 0 Å². The molecule has 0 aliphatic heterocycles. The Morgan fingerprint density at radius 2 is 2.12 bits per heavy atom. The van der Waals surface area contributed by atoms with E-state index in [1.54, 1.807) is 19.2 Å². The Labute approximate surface area is 94.1 Å². The SMILES string of the molecule is Cc1cc[nH]c(=O)c1C(=O)NC1CCCC1. The lowest BCUT2D eigenvalue weighted by Gasteiger charge is -2.12. The summed E-state index contributed by atoms with van der Waals surface area (Å²) in [6.07, 6.45) is 5.93. The minimum absolute atomic E-state index is 0.242. The fraction of sp³-hybridized carbons (Fsp3) is 0.500. The number of carbonyl (C=O) groups excluding carboxylic acids is 1. The third-order valence-electron chi connectivity index (χ3n) is 3.09. The van der Waals surface area contributed by atoms with Crippen LogP contribution in [0.3, 0.4) is 0 Å². The van der Waals surface area contributed by atoms with Gasteiger partial charge in [-0.05, 0) is 31.4 Å². The van der Waals surface area contributed by atoms with E-state index in [0.717, 1.165) is 31.2 Å². The molecule has 1 fully saturated rings. The molecule has 0 aromatic carbocycles. The van der Waals surface area contributed by atoms with Gasteiger partial charge in [-0.1, -0.05) is 12.8 Å². The first-order valence-corrected chi connectivity index (χ1v) is 5.67. The van der Waals surface area contributed by atoms with Crippen molar-refractivity contribution in [1.82, 2.24) is 10.3 Å². The van der Waals surface area contributed by atoms with E-state index in [4.69, 9.17) is 0 Å². The number of aryl methyl sites for hydroxylation is 1. The maximum absolute atomic E-state index is 11.9. The monoisotopic (exact) mass is 220 g/mol. The van der Waals surface area contributed by atoms with Crippen LogP contribution in [0.4, 0.5) is 0 Å². The zero-order valence-electron chi connectivity index (χ0n) is 9.38. The number of amides is 1. The van der Waals surface area contributed by atoms with Crippen LogP contribution < -0.4 is 10.9 Å². The molecule has 2 N–H and O–H groups in total. The molecule has 0 unspecified atom stereocenters. The Kier molecular flexibility index (Phi) is 3.08. The van der Waals surface area contributed by atoms with Crippen molar-refractivity contribution in [1.29, 1.82) is 0 Å². The van der Waals surface area contributed by atoms with E-state index in [-0.39, 0.29) is 23.1 Å². The van der Waals surface area contributed by atoms with Gasteiger partial charge in [-0.25, -0.2) is 0 Å². The Morgan fingerprint density at radius 1 is 1.44 bits per heavy atom. The first-order valence-electron chi connectivity index (χ1n) is 5.67. The molecule has 4 nitrogen and oxygen atoms in total. The Balaban J connectivity index is 2.17. The molecule has 1 heterocycles. The molecule has 86 valence electrons. The summed E-state index contributed by atoms with van der Waals surface area (Å²) >= 11 is 0. The lowest BCUT2D eigenvalue weighted by atomic mass is 10.1. The molecule has 1 aliphatic rings. The number of pyridine rings is 1. The average Bonchev–Trinajstić information content (AvgIpc) is 2.70. The van der Waals surface area contributed by atoms with E-state index in [9.17, 15) is 9.59 Å². The second-order valence-corrected chi connectivity index (χ2v) is 4.32. The summed E-state index contributed by atoms with van der Waals surface area (Å²) in [7, 11) is 0. The molecule has 0 radical (unpaired) electrons. The van der Waals surface area contributed by atoms with E-state index < -0.39 is 0 Å². The van der Waals surface area contributed by atoms with Crippen LogP contribution in [-0.2, 0) is 0 Å². The average molecular weight is 220 g/mol. The summed E-state index contributed by atoms with van der Waals surface area (Å²) < 4.78 is 0.